The van der Waals surface area contributed by atoms with Gasteiger partial charge in [0.15, 0.2) is 0 Å². The monoisotopic (exact) mass is 370 g/mol. The molecule has 0 saturated carbocycles. The molecular formula is C14H12ClIN2. The molecule has 2 nitrogen and oxygen atoms in total. The van der Waals surface area contributed by atoms with Crippen molar-refractivity contribution in [3.05, 3.63) is 53.7 Å². The highest BCUT2D eigenvalue weighted by Gasteiger charge is 2.16. The molecule has 1 aliphatic heterocycles. The Kier molecular flexibility index (Phi) is 3.35. The molecule has 18 heavy (non-hydrogen) atoms. The molecule has 0 atom stereocenters. The van der Waals surface area contributed by atoms with Crippen LogP contribution in [-0.4, -0.2) is 11.3 Å². The van der Waals surface area contributed by atoms with Crippen LogP contribution in [0.25, 0.3) is 0 Å². The van der Waals surface area contributed by atoms with Gasteiger partial charge in [0.25, 0.3) is 0 Å². The summed E-state index contributed by atoms with van der Waals surface area (Å²) in [7, 11) is 0. The zero-order valence-corrected chi connectivity index (χ0v) is 12.8. The standard InChI is InChI=1S/C14H12ClIN2/c1-10-16-13(15)12-7-8-18(14(12)17-10)9-11-5-3-2-4-6-11/h2-8H,9H2,1H3. The van der Waals surface area contributed by atoms with Gasteiger partial charge < -0.3 is 4.57 Å². The van der Waals surface area contributed by atoms with E-state index in [1.807, 2.05) is 6.07 Å². The molecule has 2 aromatic rings. The molecule has 0 bridgehead atoms. The van der Waals surface area contributed by atoms with Crippen molar-refractivity contribution >= 4 is 44.8 Å². The van der Waals surface area contributed by atoms with E-state index in [4.69, 9.17) is 11.6 Å². The van der Waals surface area contributed by atoms with Crippen LogP contribution in [0.2, 0.25) is 0 Å². The normalized spacial score (nSPS) is 14.3. The van der Waals surface area contributed by atoms with E-state index in [0.29, 0.717) is 0 Å². The van der Waals surface area contributed by atoms with Crippen LogP contribution < -0.4 is 0 Å². The van der Waals surface area contributed by atoms with Crippen LogP contribution in [0, 0.1) is 0 Å². The van der Waals surface area contributed by atoms with Crippen LogP contribution in [0.4, 0.5) is 5.82 Å². The van der Waals surface area contributed by atoms with Crippen molar-refractivity contribution < 1.29 is 0 Å². The van der Waals surface area contributed by atoms with Gasteiger partial charge in [0.1, 0.15) is 5.82 Å². The second kappa shape index (κ2) is 4.97. The summed E-state index contributed by atoms with van der Waals surface area (Å²) in [6, 6.07) is 12.5. The predicted octanol–water partition coefficient (Wildman–Crippen LogP) is 4.29. The summed E-state index contributed by atoms with van der Waals surface area (Å²) < 4.78 is 4.35. The molecule has 2 heterocycles. The number of hydrogen-bond acceptors (Lipinski definition) is 1. The Morgan fingerprint density at radius 3 is 2.78 bits per heavy atom. The van der Waals surface area contributed by atoms with Gasteiger partial charge in [-0.15, -0.1) is 0 Å². The Balaban J connectivity index is 1.99. The molecular weight excluding hydrogens is 359 g/mol. The zero-order valence-electron chi connectivity index (χ0n) is 9.90. The van der Waals surface area contributed by atoms with Crippen molar-refractivity contribution in [2.75, 3.05) is 0 Å². The molecule has 92 valence electrons. The minimum atomic E-state index is -0.228. The second-order valence-corrected chi connectivity index (χ2v) is 8.33. The molecule has 0 aliphatic carbocycles. The lowest BCUT2D eigenvalue weighted by molar-refractivity contribution is 0.808. The number of hydrogen-bond donors (Lipinski definition) is 0. The number of fused-ring (bicyclic) bond motifs is 1. The molecule has 1 aromatic heterocycles. The summed E-state index contributed by atoms with van der Waals surface area (Å²) in [5, 5.41) is 0. The quantitative estimate of drug-likeness (QED) is 0.702. The first-order chi connectivity index (χ1) is 8.74. The number of nitrogens with zero attached hydrogens (tertiary/aromatic N) is 2. The summed E-state index contributed by atoms with van der Waals surface area (Å²) in [4.78, 5) is 4.68. The fraction of sp³-hybridized carbons (Fsp3) is 0.143. The third-order valence-corrected chi connectivity index (χ3v) is 5.57. The Bertz CT molecular complexity index is 641. The van der Waals surface area contributed by atoms with Gasteiger partial charge in [0.05, 0.1) is 6.69 Å². The van der Waals surface area contributed by atoms with Gasteiger partial charge >= 0.3 is 0 Å². The Morgan fingerprint density at radius 2 is 2.00 bits per heavy atom. The van der Waals surface area contributed by atoms with E-state index in [2.05, 4.69) is 53.0 Å². The highest BCUT2D eigenvalue weighted by molar-refractivity contribution is 14.2. The van der Waals surface area contributed by atoms with Crippen LogP contribution in [-0.2, 0) is 6.54 Å². The first-order valence-corrected chi connectivity index (χ1v) is 8.23. The van der Waals surface area contributed by atoms with Gasteiger partial charge in [0, 0.05) is 18.3 Å². The molecule has 0 amide bonds. The number of halogens is 2. The second-order valence-electron chi connectivity index (χ2n) is 4.13. The third-order valence-electron chi connectivity index (χ3n) is 2.81. The van der Waals surface area contributed by atoms with Crippen LogP contribution in [0.1, 0.15) is 18.1 Å². The van der Waals surface area contributed by atoms with Crippen LogP contribution in [0.15, 0.2) is 47.6 Å². The fourth-order valence-corrected chi connectivity index (χ4v) is 4.57. The van der Waals surface area contributed by atoms with E-state index in [-0.39, 0.29) is 20.7 Å². The lowest BCUT2D eigenvalue weighted by Gasteiger charge is -2.11. The van der Waals surface area contributed by atoms with Crippen molar-refractivity contribution in [3.63, 3.8) is 0 Å². The van der Waals surface area contributed by atoms with Gasteiger partial charge in [-0.2, -0.15) is 0 Å². The summed E-state index contributed by atoms with van der Waals surface area (Å²) >= 11 is 6.10. The number of aliphatic imine (C=N–C) groups is 1. The molecule has 0 spiro atoms. The first kappa shape index (κ1) is 12.1. The highest BCUT2D eigenvalue weighted by Crippen LogP contribution is 2.32. The fourth-order valence-electron chi connectivity index (χ4n) is 1.98. The smallest absolute Gasteiger partial charge is 0.142 e. The molecule has 0 unspecified atom stereocenters. The summed E-state index contributed by atoms with van der Waals surface area (Å²) in [5.74, 6) is 1.01. The molecule has 0 N–H and O–H groups in total. The van der Waals surface area contributed by atoms with Gasteiger partial charge in [-0.1, -0.05) is 41.9 Å². The lowest BCUT2D eigenvalue weighted by atomic mass is 10.2. The predicted molar refractivity (Wildman–Crippen MR) is 86.7 cm³/mol. The molecule has 0 radical (unpaired) electrons. The maximum atomic E-state index is 6.33. The molecule has 4 heteroatoms. The molecule has 1 aliphatic rings. The lowest BCUT2D eigenvalue weighted by Crippen LogP contribution is -2.01. The van der Waals surface area contributed by atoms with Crippen molar-refractivity contribution in [2.24, 2.45) is 4.99 Å². The summed E-state index contributed by atoms with van der Waals surface area (Å²) in [6.45, 7) is 2.91. The average Bonchev–Trinajstić information content (AvgIpc) is 2.74. The van der Waals surface area contributed by atoms with Crippen LogP contribution in [0.5, 0.6) is 0 Å². The van der Waals surface area contributed by atoms with Gasteiger partial charge in [-0.25, -0.2) is 4.99 Å². The van der Waals surface area contributed by atoms with Crippen molar-refractivity contribution in [3.8, 4) is 0 Å². The van der Waals surface area contributed by atoms with E-state index >= 15 is 0 Å². The van der Waals surface area contributed by atoms with Crippen molar-refractivity contribution in [2.45, 2.75) is 13.5 Å². The number of benzene rings is 1. The van der Waals surface area contributed by atoms with Crippen LogP contribution in [0.3, 0.4) is 0 Å². The first-order valence-electron chi connectivity index (χ1n) is 5.70. The van der Waals surface area contributed by atoms with Crippen molar-refractivity contribution in [1.29, 1.82) is 0 Å². The number of rotatable bonds is 2. The Morgan fingerprint density at radius 1 is 1.22 bits per heavy atom. The van der Waals surface area contributed by atoms with Gasteiger partial charge in [-0.3, -0.25) is 0 Å². The molecule has 1 aromatic carbocycles. The summed E-state index contributed by atoms with van der Waals surface area (Å²) in [5.41, 5.74) is 2.39. The Labute approximate surface area is 121 Å². The maximum absolute atomic E-state index is 6.33. The van der Waals surface area contributed by atoms with E-state index in [9.17, 15) is 0 Å². The highest BCUT2D eigenvalue weighted by atomic mass is 127. The minimum Gasteiger partial charge on any atom is -0.328 e. The number of aromatic nitrogens is 1. The minimum absolute atomic E-state index is 0.228. The maximum Gasteiger partial charge on any atom is 0.142 e. The van der Waals surface area contributed by atoms with Crippen LogP contribution >= 0.6 is 32.3 Å². The van der Waals surface area contributed by atoms with Gasteiger partial charge in [0.2, 0.25) is 0 Å². The van der Waals surface area contributed by atoms with E-state index in [1.54, 1.807) is 0 Å². The zero-order chi connectivity index (χ0) is 12.5. The van der Waals surface area contributed by atoms with Crippen molar-refractivity contribution in [1.82, 2.24) is 4.57 Å². The SMILES string of the molecule is CC1=Nc2c(ccn2Cc2ccccc2)C(Cl)=I1. The van der Waals surface area contributed by atoms with E-state index in [0.717, 1.165) is 20.9 Å². The Hall–Kier alpha value is -0.940. The van der Waals surface area contributed by atoms with Gasteiger partial charge in [-0.05, 0) is 39.3 Å². The molecule has 0 fully saturated rings. The van der Waals surface area contributed by atoms with E-state index in [1.165, 1.54) is 9.28 Å². The van der Waals surface area contributed by atoms with E-state index < -0.39 is 0 Å². The molecule has 0 saturated heterocycles. The summed E-state index contributed by atoms with van der Waals surface area (Å²) in [6.07, 6.45) is 2.08. The molecule has 3 rings (SSSR count). The largest absolute Gasteiger partial charge is 0.328 e. The average molecular weight is 371 g/mol. The third kappa shape index (κ3) is 2.29. The topological polar surface area (TPSA) is 17.3 Å².